The van der Waals surface area contributed by atoms with Crippen molar-refractivity contribution in [2.45, 2.75) is 12.3 Å². The molecule has 0 saturated heterocycles. The summed E-state index contributed by atoms with van der Waals surface area (Å²) in [5.41, 5.74) is -1.07. The summed E-state index contributed by atoms with van der Waals surface area (Å²) in [6.45, 7) is 0. The van der Waals surface area contributed by atoms with E-state index in [-0.39, 0.29) is 15.6 Å². The largest absolute Gasteiger partial charge is 0.417 e. The van der Waals surface area contributed by atoms with Crippen LogP contribution in [0.1, 0.15) is 22.8 Å². The van der Waals surface area contributed by atoms with Crippen LogP contribution in [0.3, 0.4) is 0 Å². The zero-order chi connectivity index (χ0) is 15.8. The average molecular weight is 367 g/mol. The van der Waals surface area contributed by atoms with Gasteiger partial charge in [-0.05, 0) is 35.4 Å². The SMILES string of the molecule is OC(c1ccc(F)c(F)c1)c1ccc(Br)c(C(F)(F)F)c1. The molecule has 0 aliphatic heterocycles. The number of aliphatic hydroxyl groups is 1. The van der Waals surface area contributed by atoms with E-state index in [2.05, 4.69) is 15.9 Å². The van der Waals surface area contributed by atoms with E-state index in [1.807, 2.05) is 0 Å². The van der Waals surface area contributed by atoms with Gasteiger partial charge < -0.3 is 5.11 Å². The molecular formula is C14H8BrF5O. The first kappa shape index (κ1) is 15.9. The number of alkyl halides is 3. The van der Waals surface area contributed by atoms with E-state index in [9.17, 15) is 27.1 Å². The van der Waals surface area contributed by atoms with Crippen molar-refractivity contribution in [3.8, 4) is 0 Å². The second kappa shape index (κ2) is 5.73. The van der Waals surface area contributed by atoms with E-state index in [1.54, 1.807) is 0 Å². The van der Waals surface area contributed by atoms with Crippen molar-refractivity contribution >= 4 is 15.9 Å². The molecule has 1 atom stereocenters. The summed E-state index contributed by atoms with van der Waals surface area (Å²) < 4.78 is 64.1. The van der Waals surface area contributed by atoms with Crippen LogP contribution in [0.2, 0.25) is 0 Å². The van der Waals surface area contributed by atoms with Gasteiger partial charge in [-0.3, -0.25) is 0 Å². The fourth-order valence-electron chi connectivity index (χ4n) is 1.81. The molecule has 1 N–H and O–H groups in total. The van der Waals surface area contributed by atoms with Crippen molar-refractivity contribution in [2.75, 3.05) is 0 Å². The lowest BCUT2D eigenvalue weighted by Crippen LogP contribution is -2.09. The van der Waals surface area contributed by atoms with Gasteiger partial charge in [0.2, 0.25) is 0 Å². The summed E-state index contributed by atoms with van der Waals surface area (Å²) in [6, 6.07) is 5.83. The van der Waals surface area contributed by atoms with Crippen molar-refractivity contribution in [3.63, 3.8) is 0 Å². The molecule has 0 aliphatic rings. The molecule has 0 amide bonds. The Bertz CT molecular complexity index is 669. The minimum absolute atomic E-state index is 0.0376. The maximum Gasteiger partial charge on any atom is 0.417 e. The molecule has 2 aromatic carbocycles. The fraction of sp³-hybridized carbons (Fsp3) is 0.143. The quantitative estimate of drug-likeness (QED) is 0.755. The Morgan fingerprint density at radius 1 is 0.905 bits per heavy atom. The molecule has 2 rings (SSSR count). The van der Waals surface area contributed by atoms with E-state index in [4.69, 9.17) is 0 Å². The van der Waals surface area contributed by atoms with Crippen molar-refractivity contribution < 1.29 is 27.1 Å². The standard InChI is InChI=1S/C14H8BrF5O/c15-10-3-1-7(5-9(10)14(18,19)20)13(21)8-2-4-11(16)12(17)6-8/h1-6,13,21H. The van der Waals surface area contributed by atoms with Crippen LogP contribution in [0, 0.1) is 11.6 Å². The van der Waals surface area contributed by atoms with Gasteiger partial charge in [0.1, 0.15) is 6.10 Å². The van der Waals surface area contributed by atoms with Crippen molar-refractivity contribution in [1.82, 2.24) is 0 Å². The first-order valence-electron chi connectivity index (χ1n) is 5.70. The molecule has 1 unspecified atom stereocenters. The molecule has 0 spiro atoms. The van der Waals surface area contributed by atoms with Crippen LogP contribution in [-0.2, 0) is 6.18 Å². The van der Waals surface area contributed by atoms with Crippen LogP contribution in [0.25, 0.3) is 0 Å². The van der Waals surface area contributed by atoms with Crippen LogP contribution in [0.15, 0.2) is 40.9 Å². The Morgan fingerprint density at radius 2 is 1.48 bits per heavy atom. The van der Waals surface area contributed by atoms with Gasteiger partial charge >= 0.3 is 6.18 Å². The number of halogens is 6. The zero-order valence-electron chi connectivity index (χ0n) is 10.3. The molecule has 0 aromatic heterocycles. The highest BCUT2D eigenvalue weighted by atomic mass is 79.9. The van der Waals surface area contributed by atoms with Crippen LogP contribution >= 0.6 is 15.9 Å². The molecule has 0 heterocycles. The molecule has 0 fully saturated rings. The van der Waals surface area contributed by atoms with Crippen LogP contribution in [-0.4, -0.2) is 5.11 Å². The van der Waals surface area contributed by atoms with Gasteiger partial charge in [0.25, 0.3) is 0 Å². The van der Waals surface area contributed by atoms with Gasteiger partial charge in [-0.25, -0.2) is 8.78 Å². The average Bonchev–Trinajstić information content (AvgIpc) is 2.40. The third-order valence-corrected chi connectivity index (χ3v) is 3.56. The summed E-state index contributed by atoms with van der Waals surface area (Å²) in [6.07, 6.45) is -6.09. The van der Waals surface area contributed by atoms with E-state index in [1.165, 1.54) is 6.07 Å². The third kappa shape index (κ3) is 3.41. The van der Waals surface area contributed by atoms with E-state index in [0.29, 0.717) is 0 Å². The minimum atomic E-state index is -4.59. The van der Waals surface area contributed by atoms with E-state index in [0.717, 1.165) is 30.3 Å². The van der Waals surface area contributed by atoms with Crippen molar-refractivity contribution in [2.24, 2.45) is 0 Å². The topological polar surface area (TPSA) is 20.2 Å². The molecule has 2 aromatic rings. The Labute approximate surface area is 125 Å². The number of hydrogen-bond donors (Lipinski definition) is 1. The summed E-state index contributed by atoms with van der Waals surface area (Å²) >= 11 is 2.78. The Balaban J connectivity index is 2.44. The lowest BCUT2D eigenvalue weighted by atomic mass is 9.99. The highest BCUT2D eigenvalue weighted by Gasteiger charge is 2.33. The fourth-order valence-corrected chi connectivity index (χ4v) is 2.28. The Morgan fingerprint density at radius 3 is 2.05 bits per heavy atom. The predicted molar refractivity (Wildman–Crippen MR) is 69.6 cm³/mol. The van der Waals surface area contributed by atoms with Gasteiger partial charge in [0.15, 0.2) is 11.6 Å². The molecule has 1 nitrogen and oxygen atoms in total. The lowest BCUT2D eigenvalue weighted by Gasteiger charge is -2.15. The van der Waals surface area contributed by atoms with Gasteiger partial charge in [-0.15, -0.1) is 0 Å². The summed E-state index contributed by atoms with van der Waals surface area (Å²) in [7, 11) is 0. The number of benzene rings is 2. The highest BCUT2D eigenvalue weighted by Crippen LogP contribution is 2.37. The Hall–Kier alpha value is -1.47. The van der Waals surface area contributed by atoms with Gasteiger partial charge in [-0.2, -0.15) is 13.2 Å². The Kier molecular flexibility index (Phi) is 4.34. The number of aliphatic hydroxyl groups excluding tert-OH is 1. The first-order valence-corrected chi connectivity index (χ1v) is 6.49. The number of rotatable bonds is 2. The molecule has 7 heteroatoms. The highest BCUT2D eigenvalue weighted by molar-refractivity contribution is 9.10. The van der Waals surface area contributed by atoms with Gasteiger partial charge in [0.05, 0.1) is 5.56 Å². The maximum absolute atomic E-state index is 13.1. The van der Waals surface area contributed by atoms with Crippen LogP contribution < -0.4 is 0 Å². The predicted octanol–water partition coefficient (Wildman–Crippen LogP) is 4.83. The zero-order valence-corrected chi connectivity index (χ0v) is 11.8. The molecular weight excluding hydrogens is 359 g/mol. The summed E-state index contributed by atoms with van der Waals surface area (Å²) in [5, 5.41) is 10.0. The monoisotopic (exact) mass is 366 g/mol. The van der Waals surface area contributed by atoms with E-state index < -0.39 is 29.5 Å². The molecule has 21 heavy (non-hydrogen) atoms. The van der Waals surface area contributed by atoms with Gasteiger partial charge in [-0.1, -0.05) is 28.1 Å². The van der Waals surface area contributed by atoms with Crippen molar-refractivity contribution in [1.29, 1.82) is 0 Å². The van der Waals surface area contributed by atoms with E-state index >= 15 is 0 Å². The molecule has 0 saturated carbocycles. The molecule has 0 aliphatic carbocycles. The smallest absolute Gasteiger partial charge is 0.384 e. The lowest BCUT2D eigenvalue weighted by molar-refractivity contribution is -0.138. The van der Waals surface area contributed by atoms with Crippen molar-refractivity contribution in [3.05, 3.63) is 69.2 Å². The summed E-state index contributed by atoms with van der Waals surface area (Å²) in [4.78, 5) is 0. The minimum Gasteiger partial charge on any atom is -0.384 e. The molecule has 0 radical (unpaired) electrons. The maximum atomic E-state index is 13.1. The molecule has 0 bridgehead atoms. The second-order valence-electron chi connectivity index (χ2n) is 4.31. The van der Waals surface area contributed by atoms with Gasteiger partial charge in [0, 0.05) is 4.47 Å². The van der Waals surface area contributed by atoms with Crippen LogP contribution in [0.4, 0.5) is 22.0 Å². The first-order chi connectivity index (χ1) is 9.70. The van der Waals surface area contributed by atoms with Crippen LogP contribution in [0.5, 0.6) is 0 Å². The molecule has 112 valence electrons. The number of hydrogen-bond acceptors (Lipinski definition) is 1. The summed E-state index contributed by atoms with van der Waals surface area (Å²) in [5.74, 6) is -2.28. The second-order valence-corrected chi connectivity index (χ2v) is 5.17. The third-order valence-electron chi connectivity index (χ3n) is 2.87. The normalized spacial score (nSPS) is 13.3.